The third kappa shape index (κ3) is 1.96. The zero-order valence-corrected chi connectivity index (χ0v) is 11.3. The first-order valence-corrected chi connectivity index (χ1v) is 7.00. The van der Waals surface area contributed by atoms with Gasteiger partial charge in [0, 0.05) is 17.8 Å². The first-order valence-electron chi connectivity index (χ1n) is 6.19. The lowest BCUT2D eigenvalue weighted by Gasteiger charge is -2.02. The Morgan fingerprint density at radius 2 is 2.10 bits per heavy atom. The van der Waals surface area contributed by atoms with Crippen molar-refractivity contribution >= 4 is 22.0 Å². The molecule has 5 nitrogen and oxygen atoms in total. The minimum absolute atomic E-state index is 0.130. The van der Waals surface area contributed by atoms with Crippen molar-refractivity contribution in [2.45, 2.75) is 12.6 Å². The van der Waals surface area contributed by atoms with E-state index in [1.54, 1.807) is 0 Å². The molecule has 0 fully saturated rings. The molecule has 0 bridgehead atoms. The van der Waals surface area contributed by atoms with Crippen molar-refractivity contribution in [3.63, 3.8) is 0 Å². The van der Waals surface area contributed by atoms with Crippen LogP contribution in [-0.4, -0.2) is 26.4 Å². The van der Waals surface area contributed by atoms with Crippen molar-refractivity contribution in [1.29, 1.82) is 0 Å². The highest BCUT2D eigenvalue weighted by molar-refractivity contribution is 7.19. The molecule has 4 rings (SSSR count). The molecule has 1 aliphatic heterocycles. The quantitative estimate of drug-likeness (QED) is 0.751. The second-order valence-corrected chi connectivity index (χ2v) is 5.63. The molecule has 0 radical (unpaired) electrons. The van der Waals surface area contributed by atoms with Crippen LogP contribution in [0.2, 0.25) is 0 Å². The highest BCUT2D eigenvalue weighted by Crippen LogP contribution is 2.33. The molecule has 3 aromatic rings. The van der Waals surface area contributed by atoms with Crippen molar-refractivity contribution in [2.24, 2.45) is 0 Å². The molecule has 1 aromatic carbocycles. The largest absolute Gasteiger partial charge is 0.453 e. The van der Waals surface area contributed by atoms with Crippen molar-refractivity contribution in [3.05, 3.63) is 29.6 Å². The van der Waals surface area contributed by atoms with E-state index in [0.29, 0.717) is 5.01 Å². The molecule has 0 atom stereocenters. The fourth-order valence-corrected chi connectivity index (χ4v) is 3.17. The number of hydrogen-bond donors (Lipinski definition) is 1. The summed E-state index contributed by atoms with van der Waals surface area (Å²) in [6.07, 6.45) is -3.61. The molecular weight excluding hydrogens is 303 g/mol. The number of alkyl halides is 3. The Morgan fingerprint density at radius 1 is 1.24 bits per heavy atom. The van der Waals surface area contributed by atoms with Crippen molar-refractivity contribution < 1.29 is 13.2 Å². The average Bonchev–Trinajstić information content (AvgIpc) is 3.10. The van der Waals surface area contributed by atoms with Crippen molar-refractivity contribution in [1.82, 2.24) is 19.8 Å². The van der Waals surface area contributed by atoms with Gasteiger partial charge >= 0.3 is 6.18 Å². The number of benzene rings is 1. The Hall–Kier alpha value is -2.16. The highest BCUT2D eigenvalue weighted by atomic mass is 32.1. The molecule has 108 valence electrons. The van der Waals surface area contributed by atoms with Gasteiger partial charge < -0.3 is 5.32 Å². The Labute approximate surface area is 120 Å². The lowest BCUT2D eigenvalue weighted by atomic mass is 10.1. The van der Waals surface area contributed by atoms with Crippen LogP contribution >= 0.6 is 11.3 Å². The van der Waals surface area contributed by atoms with Crippen LogP contribution in [0.3, 0.4) is 0 Å². The zero-order chi connectivity index (χ0) is 14.6. The summed E-state index contributed by atoms with van der Waals surface area (Å²) in [5.41, 5.74) is 2.99. The summed E-state index contributed by atoms with van der Waals surface area (Å²) in [7, 11) is 0. The van der Waals surface area contributed by atoms with Crippen LogP contribution in [-0.2, 0) is 12.6 Å². The number of aromatic nitrogens is 4. The minimum atomic E-state index is -4.57. The monoisotopic (exact) mass is 311 g/mol. The van der Waals surface area contributed by atoms with E-state index in [2.05, 4.69) is 20.6 Å². The molecule has 1 N–H and O–H groups in total. The first kappa shape index (κ1) is 12.6. The maximum absolute atomic E-state index is 12.8. The second-order valence-electron chi connectivity index (χ2n) is 4.67. The fourth-order valence-electron chi connectivity index (χ4n) is 2.33. The summed E-state index contributed by atoms with van der Waals surface area (Å²) in [5.74, 6) is -1.10. The van der Waals surface area contributed by atoms with Gasteiger partial charge in [0.25, 0.3) is 5.82 Å². The number of halogens is 3. The smallest absolute Gasteiger partial charge is 0.384 e. The molecule has 0 saturated carbocycles. The van der Waals surface area contributed by atoms with Crippen LogP contribution in [0.5, 0.6) is 0 Å². The van der Waals surface area contributed by atoms with E-state index in [-0.39, 0.29) is 4.96 Å². The van der Waals surface area contributed by atoms with E-state index >= 15 is 0 Å². The molecule has 0 unspecified atom stereocenters. The summed E-state index contributed by atoms with van der Waals surface area (Å²) < 4.78 is 39.1. The topological polar surface area (TPSA) is 55.1 Å². The van der Waals surface area contributed by atoms with E-state index in [1.165, 1.54) is 5.56 Å². The Morgan fingerprint density at radius 3 is 2.90 bits per heavy atom. The minimum Gasteiger partial charge on any atom is -0.384 e. The van der Waals surface area contributed by atoms with Gasteiger partial charge in [-0.1, -0.05) is 23.5 Å². The molecule has 2 aromatic heterocycles. The fraction of sp³-hybridized carbons (Fsp3) is 0.250. The molecule has 0 spiro atoms. The molecule has 0 saturated heterocycles. The summed E-state index contributed by atoms with van der Waals surface area (Å²) >= 11 is 1.08. The third-order valence-corrected chi connectivity index (χ3v) is 4.26. The van der Waals surface area contributed by atoms with Crippen LogP contribution in [0.15, 0.2) is 18.2 Å². The van der Waals surface area contributed by atoms with Crippen LogP contribution in [0.4, 0.5) is 18.9 Å². The van der Waals surface area contributed by atoms with E-state index < -0.39 is 12.0 Å². The van der Waals surface area contributed by atoms with Crippen molar-refractivity contribution in [3.8, 4) is 10.6 Å². The molecular formula is C12H8F3N5S. The standard InChI is InChI=1S/C12H8F3N5S/c13-12(14,15)10-17-18-11-20(10)19-9(21-11)7-2-1-6-3-4-16-8(6)5-7/h1-2,5,16H,3-4H2. The van der Waals surface area contributed by atoms with Gasteiger partial charge in [0.1, 0.15) is 5.01 Å². The molecule has 0 aliphatic carbocycles. The number of nitrogens with zero attached hydrogens (tertiary/aromatic N) is 4. The van der Waals surface area contributed by atoms with E-state index in [1.807, 2.05) is 18.2 Å². The first-order chi connectivity index (χ1) is 10.0. The van der Waals surface area contributed by atoms with Gasteiger partial charge in [-0.2, -0.15) is 22.8 Å². The van der Waals surface area contributed by atoms with Gasteiger partial charge in [-0.25, -0.2) is 0 Å². The predicted octanol–water partition coefficient (Wildman–Crippen LogP) is 2.84. The SMILES string of the molecule is FC(F)(F)c1nnc2sc(-c3ccc4c(c3)NCC4)nn12. The van der Waals surface area contributed by atoms with Gasteiger partial charge in [0.15, 0.2) is 0 Å². The van der Waals surface area contributed by atoms with Crippen molar-refractivity contribution in [2.75, 3.05) is 11.9 Å². The molecule has 9 heteroatoms. The molecule has 0 amide bonds. The molecule has 1 aliphatic rings. The summed E-state index contributed by atoms with van der Waals surface area (Å²) in [4.78, 5) is 0.130. The summed E-state index contributed by atoms with van der Waals surface area (Å²) in [6, 6.07) is 5.74. The van der Waals surface area contributed by atoms with Gasteiger partial charge in [0.05, 0.1) is 0 Å². The average molecular weight is 311 g/mol. The van der Waals surface area contributed by atoms with Crippen LogP contribution in [0.1, 0.15) is 11.4 Å². The number of hydrogen-bond acceptors (Lipinski definition) is 5. The van der Waals surface area contributed by atoms with E-state index in [4.69, 9.17) is 0 Å². The Kier molecular flexibility index (Phi) is 2.49. The number of fused-ring (bicyclic) bond motifs is 2. The lowest BCUT2D eigenvalue weighted by molar-refractivity contribution is -0.146. The summed E-state index contributed by atoms with van der Waals surface area (Å²) in [6.45, 7) is 0.877. The van der Waals surface area contributed by atoms with Crippen LogP contribution in [0.25, 0.3) is 15.5 Å². The van der Waals surface area contributed by atoms with Gasteiger partial charge in [-0.05, 0) is 18.1 Å². The Balaban J connectivity index is 1.82. The Bertz CT molecular complexity index is 835. The third-order valence-electron chi connectivity index (χ3n) is 3.31. The van der Waals surface area contributed by atoms with Gasteiger partial charge in [0.2, 0.25) is 4.96 Å². The normalized spacial score (nSPS) is 14.4. The number of nitrogens with one attached hydrogen (secondary N) is 1. The van der Waals surface area contributed by atoms with Gasteiger partial charge in [-0.3, -0.25) is 0 Å². The number of rotatable bonds is 1. The highest BCUT2D eigenvalue weighted by Gasteiger charge is 2.38. The van der Waals surface area contributed by atoms with Crippen LogP contribution in [0, 0.1) is 0 Å². The number of anilines is 1. The predicted molar refractivity (Wildman–Crippen MR) is 71.3 cm³/mol. The second kappa shape index (κ2) is 4.17. The zero-order valence-electron chi connectivity index (χ0n) is 10.5. The maximum Gasteiger partial charge on any atom is 0.453 e. The lowest BCUT2D eigenvalue weighted by Crippen LogP contribution is -2.11. The summed E-state index contributed by atoms with van der Waals surface area (Å²) in [5, 5.41) is 14.4. The molecule has 3 heterocycles. The molecule has 21 heavy (non-hydrogen) atoms. The maximum atomic E-state index is 12.8. The van der Waals surface area contributed by atoms with E-state index in [0.717, 1.165) is 40.1 Å². The van der Waals surface area contributed by atoms with Crippen LogP contribution < -0.4 is 5.32 Å². The van der Waals surface area contributed by atoms with E-state index in [9.17, 15) is 13.2 Å². The van der Waals surface area contributed by atoms with Gasteiger partial charge in [-0.15, -0.1) is 10.2 Å².